The SMILES string of the molecule is CS(C)(C)CCN1CCNCC1. The van der Waals surface area contributed by atoms with Crippen molar-refractivity contribution in [3.8, 4) is 0 Å². The Balaban J connectivity index is 2.13. The molecule has 0 amide bonds. The monoisotopic (exact) mass is 190 g/mol. The van der Waals surface area contributed by atoms with Crippen LogP contribution in [0.2, 0.25) is 0 Å². The first kappa shape index (κ1) is 10.4. The van der Waals surface area contributed by atoms with Gasteiger partial charge in [-0.3, -0.25) is 0 Å². The van der Waals surface area contributed by atoms with Gasteiger partial charge in [0.15, 0.2) is 0 Å². The van der Waals surface area contributed by atoms with Gasteiger partial charge in [-0.2, -0.15) is 0 Å². The smallest absolute Gasteiger partial charge is 0.0108 e. The van der Waals surface area contributed by atoms with Crippen molar-refractivity contribution in [1.29, 1.82) is 0 Å². The fourth-order valence-corrected chi connectivity index (χ4v) is 2.14. The third-order valence-electron chi connectivity index (χ3n) is 2.23. The Bertz CT molecular complexity index is 125. The van der Waals surface area contributed by atoms with Crippen LogP contribution in [0.3, 0.4) is 0 Å². The topological polar surface area (TPSA) is 15.3 Å². The van der Waals surface area contributed by atoms with E-state index in [0.29, 0.717) is 0 Å². The predicted molar refractivity (Wildman–Crippen MR) is 59.5 cm³/mol. The summed E-state index contributed by atoms with van der Waals surface area (Å²) >= 11 is 0. The molecule has 12 heavy (non-hydrogen) atoms. The highest BCUT2D eigenvalue weighted by molar-refractivity contribution is 8.32. The second kappa shape index (κ2) is 4.49. The highest BCUT2D eigenvalue weighted by Gasteiger charge is 2.11. The summed E-state index contributed by atoms with van der Waals surface area (Å²) in [6.45, 7) is 6.16. The zero-order valence-electron chi connectivity index (χ0n) is 8.60. The van der Waals surface area contributed by atoms with Crippen LogP contribution in [0.15, 0.2) is 0 Å². The van der Waals surface area contributed by atoms with Crippen LogP contribution in [0.1, 0.15) is 0 Å². The van der Waals surface area contributed by atoms with Gasteiger partial charge in [0, 0.05) is 32.7 Å². The lowest BCUT2D eigenvalue weighted by Gasteiger charge is -2.32. The first-order valence-electron chi connectivity index (χ1n) is 4.67. The van der Waals surface area contributed by atoms with Crippen LogP contribution in [0.25, 0.3) is 0 Å². The molecule has 0 bridgehead atoms. The van der Waals surface area contributed by atoms with Crippen molar-refractivity contribution >= 4 is 10.0 Å². The summed E-state index contributed by atoms with van der Waals surface area (Å²) in [4.78, 5) is 2.58. The number of nitrogens with one attached hydrogen (secondary N) is 1. The molecular weight excluding hydrogens is 168 g/mol. The summed E-state index contributed by atoms with van der Waals surface area (Å²) in [7, 11) is -0.286. The average Bonchev–Trinajstić information content (AvgIpc) is 2.02. The molecule has 0 aromatic heterocycles. The number of piperazine rings is 1. The van der Waals surface area contributed by atoms with Crippen LogP contribution in [-0.2, 0) is 0 Å². The van der Waals surface area contributed by atoms with E-state index in [0.717, 1.165) is 0 Å². The lowest BCUT2D eigenvalue weighted by molar-refractivity contribution is 0.255. The zero-order valence-corrected chi connectivity index (χ0v) is 9.41. The van der Waals surface area contributed by atoms with E-state index in [2.05, 4.69) is 29.0 Å². The summed E-state index contributed by atoms with van der Waals surface area (Å²) in [5.74, 6) is 1.40. The lowest BCUT2D eigenvalue weighted by atomic mass is 10.4. The molecule has 0 spiro atoms. The Hall–Kier alpha value is 0.270. The average molecular weight is 190 g/mol. The minimum absolute atomic E-state index is 0.286. The van der Waals surface area contributed by atoms with Crippen molar-refractivity contribution in [3.63, 3.8) is 0 Å². The highest BCUT2D eigenvalue weighted by atomic mass is 32.3. The van der Waals surface area contributed by atoms with Crippen molar-refractivity contribution in [2.45, 2.75) is 0 Å². The van der Waals surface area contributed by atoms with Crippen molar-refractivity contribution in [2.75, 3.05) is 57.2 Å². The zero-order chi connectivity index (χ0) is 9.03. The molecule has 0 aromatic carbocycles. The van der Waals surface area contributed by atoms with Crippen LogP contribution < -0.4 is 5.32 Å². The summed E-state index contributed by atoms with van der Waals surface area (Å²) in [5, 5.41) is 3.38. The summed E-state index contributed by atoms with van der Waals surface area (Å²) in [6, 6.07) is 0. The molecule has 0 aliphatic carbocycles. The standard InChI is InChI=1S/C9H22N2S/c1-12(2,3)9-8-11-6-4-10-5-7-11/h10H,4-9H2,1-3H3. The maximum absolute atomic E-state index is 3.38. The van der Waals surface area contributed by atoms with Crippen molar-refractivity contribution in [3.05, 3.63) is 0 Å². The van der Waals surface area contributed by atoms with Crippen LogP contribution in [0.4, 0.5) is 0 Å². The van der Waals surface area contributed by atoms with Gasteiger partial charge in [0.1, 0.15) is 0 Å². The van der Waals surface area contributed by atoms with Gasteiger partial charge in [-0.25, -0.2) is 10.0 Å². The normalized spacial score (nSPS) is 22.6. The third kappa shape index (κ3) is 4.33. The molecule has 1 saturated heterocycles. The van der Waals surface area contributed by atoms with E-state index in [-0.39, 0.29) is 10.0 Å². The molecule has 0 atom stereocenters. The Morgan fingerprint density at radius 3 is 2.25 bits per heavy atom. The van der Waals surface area contributed by atoms with E-state index < -0.39 is 0 Å². The quantitative estimate of drug-likeness (QED) is 0.700. The van der Waals surface area contributed by atoms with Crippen molar-refractivity contribution in [2.24, 2.45) is 0 Å². The largest absolute Gasteiger partial charge is 0.314 e. The minimum atomic E-state index is -0.286. The molecule has 0 unspecified atom stereocenters. The van der Waals surface area contributed by atoms with Crippen LogP contribution in [0.5, 0.6) is 0 Å². The van der Waals surface area contributed by atoms with Gasteiger partial charge in [-0.15, -0.1) is 0 Å². The summed E-state index contributed by atoms with van der Waals surface area (Å²) < 4.78 is 0. The minimum Gasteiger partial charge on any atom is -0.314 e. The first-order valence-corrected chi connectivity index (χ1v) is 7.70. The predicted octanol–water partition coefficient (Wildman–Crippen LogP) is 0.586. The van der Waals surface area contributed by atoms with Crippen molar-refractivity contribution < 1.29 is 0 Å². The number of hydrogen-bond donors (Lipinski definition) is 1. The van der Waals surface area contributed by atoms with E-state index in [1.54, 1.807) is 0 Å². The van der Waals surface area contributed by atoms with Crippen molar-refractivity contribution in [1.82, 2.24) is 10.2 Å². The van der Waals surface area contributed by atoms with Gasteiger partial charge in [-0.1, -0.05) is 0 Å². The van der Waals surface area contributed by atoms with Gasteiger partial charge >= 0.3 is 0 Å². The Morgan fingerprint density at radius 1 is 1.17 bits per heavy atom. The van der Waals surface area contributed by atoms with Gasteiger partial charge < -0.3 is 10.2 Å². The molecule has 1 rings (SSSR count). The molecule has 1 heterocycles. The van der Waals surface area contributed by atoms with E-state index in [1.165, 1.54) is 38.5 Å². The lowest BCUT2D eigenvalue weighted by Crippen LogP contribution is -2.44. The first-order chi connectivity index (χ1) is 5.58. The highest BCUT2D eigenvalue weighted by Crippen LogP contribution is 2.33. The Morgan fingerprint density at radius 2 is 1.75 bits per heavy atom. The van der Waals surface area contributed by atoms with Crippen LogP contribution in [-0.4, -0.2) is 62.1 Å². The van der Waals surface area contributed by atoms with Gasteiger partial charge in [0.2, 0.25) is 0 Å². The maximum Gasteiger partial charge on any atom is 0.0108 e. The van der Waals surface area contributed by atoms with E-state index >= 15 is 0 Å². The molecule has 1 aliphatic rings. The van der Waals surface area contributed by atoms with Gasteiger partial charge in [0.25, 0.3) is 0 Å². The Kier molecular flexibility index (Phi) is 3.87. The summed E-state index contributed by atoms with van der Waals surface area (Å²) in [6.07, 6.45) is 7.19. The second-order valence-electron chi connectivity index (χ2n) is 4.39. The summed E-state index contributed by atoms with van der Waals surface area (Å²) in [5.41, 5.74) is 0. The van der Waals surface area contributed by atoms with E-state index in [1.807, 2.05) is 0 Å². The maximum atomic E-state index is 3.38. The molecule has 0 aromatic rings. The molecule has 2 nitrogen and oxygen atoms in total. The molecule has 74 valence electrons. The Labute approximate surface area is 78.0 Å². The number of rotatable bonds is 3. The number of nitrogens with zero attached hydrogens (tertiary/aromatic N) is 1. The van der Waals surface area contributed by atoms with Crippen LogP contribution in [0, 0.1) is 0 Å². The number of hydrogen-bond acceptors (Lipinski definition) is 2. The molecular formula is C9H22N2S. The fraction of sp³-hybridized carbons (Fsp3) is 1.00. The molecule has 3 heteroatoms. The molecule has 1 aliphatic heterocycles. The van der Waals surface area contributed by atoms with E-state index in [9.17, 15) is 0 Å². The molecule has 1 fully saturated rings. The molecule has 0 radical (unpaired) electrons. The van der Waals surface area contributed by atoms with Crippen LogP contribution >= 0.6 is 10.0 Å². The van der Waals surface area contributed by atoms with Gasteiger partial charge in [-0.05, 0) is 24.5 Å². The van der Waals surface area contributed by atoms with Gasteiger partial charge in [0.05, 0.1) is 0 Å². The molecule has 0 saturated carbocycles. The third-order valence-corrected chi connectivity index (χ3v) is 3.64. The van der Waals surface area contributed by atoms with E-state index in [4.69, 9.17) is 0 Å². The second-order valence-corrected chi connectivity index (χ2v) is 8.98. The fourth-order valence-electron chi connectivity index (χ4n) is 1.34. The molecule has 1 N–H and O–H groups in total.